The molecule has 1 aliphatic carbocycles. The first kappa shape index (κ1) is 15.0. The summed E-state index contributed by atoms with van der Waals surface area (Å²) in [4.78, 5) is 0.245. The Morgan fingerprint density at radius 2 is 1.84 bits per heavy atom. The van der Waals surface area contributed by atoms with Crippen molar-refractivity contribution >= 4 is 26.0 Å². The van der Waals surface area contributed by atoms with E-state index in [1.165, 1.54) is 0 Å². The van der Waals surface area contributed by atoms with Crippen molar-refractivity contribution in [1.29, 1.82) is 0 Å². The monoisotopic (exact) mass is 347 g/mol. The first-order valence-corrected chi connectivity index (χ1v) is 8.99. The quantitative estimate of drug-likeness (QED) is 0.820. The van der Waals surface area contributed by atoms with Gasteiger partial charge in [-0.3, -0.25) is 0 Å². The molecule has 2 atom stereocenters. The van der Waals surface area contributed by atoms with Gasteiger partial charge < -0.3 is 5.11 Å². The van der Waals surface area contributed by atoms with Gasteiger partial charge in [-0.2, -0.15) is 0 Å². The summed E-state index contributed by atoms with van der Waals surface area (Å²) in [5.74, 6) is 0. The van der Waals surface area contributed by atoms with E-state index in [4.69, 9.17) is 0 Å². The van der Waals surface area contributed by atoms with E-state index in [0.717, 1.165) is 18.4 Å². The normalized spacial score (nSPS) is 24.3. The van der Waals surface area contributed by atoms with Crippen LogP contribution in [-0.4, -0.2) is 25.7 Å². The molecule has 106 valence electrons. The van der Waals surface area contributed by atoms with Crippen LogP contribution in [0.5, 0.6) is 0 Å². The number of alkyl halides is 1. The van der Waals surface area contributed by atoms with Gasteiger partial charge in [-0.05, 0) is 30.5 Å². The first-order chi connectivity index (χ1) is 9.03. The van der Waals surface area contributed by atoms with E-state index in [1.807, 2.05) is 0 Å². The van der Waals surface area contributed by atoms with Crippen LogP contribution in [0.1, 0.15) is 31.2 Å². The molecule has 0 bridgehead atoms. The van der Waals surface area contributed by atoms with E-state index in [-0.39, 0.29) is 10.9 Å². The fraction of sp³-hybridized carbons (Fsp3) is 0.538. The molecular formula is C13H18BrNO3S. The molecule has 19 heavy (non-hydrogen) atoms. The SMILES string of the molecule is O=S(=O)(N[C@@H]1CCCC[C@H]1O)c1ccc(CBr)cc1. The lowest BCUT2D eigenvalue weighted by atomic mass is 9.93. The predicted molar refractivity (Wildman–Crippen MR) is 77.7 cm³/mol. The van der Waals surface area contributed by atoms with Gasteiger partial charge in [0.25, 0.3) is 0 Å². The second kappa shape index (κ2) is 6.35. The van der Waals surface area contributed by atoms with Crippen LogP contribution in [0.2, 0.25) is 0 Å². The molecule has 0 heterocycles. The topological polar surface area (TPSA) is 66.4 Å². The lowest BCUT2D eigenvalue weighted by Crippen LogP contribution is -2.44. The maximum Gasteiger partial charge on any atom is 0.240 e. The van der Waals surface area contributed by atoms with Gasteiger partial charge in [-0.1, -0.05) is 40.9 Å². The van der Waals surface area contributed by atoms with Crippen molar-refractivity contribution < 1.29 is 13.5 Å². The average molecular weight is 348 g/mol. The van der Waals surface area contributed by atoms with Gasteiger partial charge in [-0.15, -0.1) is 0 Å². The molecule has 0 spiro atoms. The van der Waals surface area contributed by atoms with Crippen LogP contribution < -0.4 is 4.72 Å². The molecule has 1 aromatic rings. The predicted octanol–water partition coefficient (Wildman–Crippen LogP) is 2.16. The van der Waals surface area contributed by atoms with Gasteiger partial charge in [0.2, 0.25) is 10.0 Å². The highest BCUT2D eigenvalue weighted by atomic mass is 79.9. The minimum Gasteiger partial charge on any atom is -0.391 e. The lowest BCUT2D eigenvalue weighted by Gasteiger charge is -2.28. The van der Waals surface area contributed by atoms with E-state index < -0.39 is 16.1 Å². The maximum absolute atomic E-state index is 12.2. The standard InChI is InChI=1S/C13H18BrNO3S/c14-9-10-5-7-11(8-6-10)19(17,18)15-12-3-1-2-4-13(12)16/h5-8,12-13,15-16H,1-4,9H2/t12-,13-/m1/s1. The zero-order valence-corrected chi connectivity index (χ0v) is 13.0. The third kappa shape index (κ3) is 3.78. The molecule has 6 heteroatoms. The van der Waals surface area contributed by atoms with Crippen molar-refractivity contribution in [2.75, 3.05) is 0 Å². The second-order valence-electron chi connectivity index (χ2n) is 4.86. The van der Waals surface area contributed by atoms with E-state index in [2.05, 4.69) is 20.7 Å². The molecule has 1 saturated carbocycles. The Kier molecular flexibility index (Phi) is 5.00. The van der Waals surface area contributed by atoms with Crippen molar-refractivity contribution in [2.45, 2.75) is 48.1 Å². The van der Waals surface area contributed by atoms with Gasteiger partial charge in [-0.25, -0.2) is 13.1 Å². The number of nitrogens with one attached hydrogen (secondary N) is 1. The summed E-state index contributed by atoms with van der Waals surface area (Å²) in [6.45, 7) is 0. The Hall–Kier alpha value is -0.430. The number of hydrogen-bond acceptors (Lipinski definition) is 3. The van der Waals surface area contributed by atoms with Gasteiger partial charge >= 0.3 is 0 Å². The molecule has 4 nitrogen and oxygen atoms in total. The summed E-state index contributed by atoms with van der Waals surface area (Å²) in [6.07, 6.45) is 2.69. The lowest BCUT2D eigenvalue weighted by molar-refractivity contribution is 0.101. The number of aliphatic hydroxyl groups excluding tert-OH is 1. The Bertz CT molecular complexity index is 515. The van der Waals surface area contributed by atoms with Gasteiger partial charge in [0.05, 0.1) is 11.0 Å². The largest absolute Gasteiger partial charge is 0.391 e. The molecule has 0 unspecified atom stereocenters. The fourth-order valence-electron chi connectivity index (χ4n) is 2.27. The summed E-state index contributed by atoms with van der Waals surface area (Å²) in [6, 6.07) is 6.37. The average Bonchev–Trinajstić information content (AvgIpc) is 2.41. The number of benzene rings is 1. The highest BCUT2D eigenvalue weighted by Crippen LogP contribution is 2.21. The Labute approximate surface area is 122 Å². The number of sulfonamides is 1. The summed E-state index contributed by atoms with van der Waals surface area (Å²) < 4.78 is 27.0. The van der Waals surface area contributed by atoms with Crippen molar-refractivity contribution in [2.24, 2.45) is 0 Å². The van der Waals surface area contributed by atoms with Crippen LogP contribution in [0.25, 0.3) is 0 Å². The first-order valence-electron chi connectivity index (χ1n) is 6.38. The van der Waals surface area contributed by atoms with Crippen molar-refractivity contribution in [3.05, 3.63) is 29.8 Å². The van der Waals surface area contributed by atoms with Gasteiger partial charge in [0, 0.05) is 11.4 Å². The molecule has 1 aliphatic rings. The van der Waals surface area contributed by atoms with E-state index in [9.17, 15) is 13.5 Å². The molecule has 0 amide bonds. The van der Waals surface area contributed by atoms with E-state index in [1.54, 1.807) is 24.3 Å². The highest BCUT2D eigenvalue weighted by molar-refractivity contribution is 9.08. The highest BCUT2D eigenvalue weighted by Gasteiger charge is 2.27. The molecule has 0 radical (unpaired) electrons. The third-order valence-corrected chi connectivity index (χ3v) is 5.58. The van der Waals surface area contributed by atoms with Crippen LogP contribution in [0.15, 0.2) is 29.2 Å². The molecule has 1 fully saturated rings. The summed E-state index contributed by atoms with van der Waals surface area (Å²) in [5, 5.41) is 10.5. The Balaban J connectivity index is 2.12. The van der Waals surface area contributed by atoms with Crippen molar-refractivity contribution in [3.63, 3.8) is 0 Å². The van der Waals surface area contributed by atoms with Crippen LogP contribution in [0.4, 0.5) is 0 Å². The van der Waals surface area contributed by atoms with Gasteiger partial charge in [0.15, 0.2) is 0 Å². The Morgan fingerprint density at radius 1 is 1.21 bits per heavy atom. The zero-order chi connectivity index (χ0) is 13.9. The van der Waals surface area contributed by atoms with E-state index >= 15 is 0 Å². The number of aliphatic hydroxyl groups is 1. The molecule has 0 saturated heterocycles. The fourth-order valence-corrected chi connectivity index (χ4v) is 3.95. The van der Waals surface area contributed by atoms with Crippen LogP contribution in [0.3, 0.4) is 0 Å². The van der Waals surface area contributed by atoms with Crippen molar-refractivity contribution in [1.82, 2.24) is 4.72 Å². The molecule has 2 N–H and O–H groups in total. The van der Waals surface area contributed by atoms with E-state index in [0.29, 0.717) is 18.2 Å². The number of rotatable bonds is 4. The molecule has 2 rings (SSSR count). The molecular weight excluding hydrogens is 330 g/mol. The molecule has 1 aromatic carbocycles. The van der Waals surface area contributed by atoms with Crippen LogP contribution in [-0.2, 0) is 15.4 Å². The maximum atomic E-state index is 12.2. The summed E-state index contributed by atoms with van der Waals surface area (Å²) in [7, 11) is -3.54. The molecule has 0 aliphatic heterocycles. The second-order valence-corrected chi connectivity index (χ2v) is 7.13. The minimum absolute atomic E-state index is 0.245. The molecule has 0 aromatic heterocycles. The Morgan fingerprint density at radius 3 is 2.42 bits per heavy atom. The number of halogens is 1. The summed E-state index contributed by atoms with van der Waals surface area (Å²) in [5.41, 5.74) is 1.02. The van der Waals surface area contributed by atoms with Crippen LogP contribution >= 0.6 is 15.9 Å². The zero-order valence-electron chi connectivity index (χ0n) is 10.5. The summed E-state index contributed by atoms with van der Waals surface area (Å²) >= 11 is 3.32. The number of hydrogen-bond donors (Lipinski definition) is 2. The van der Waals surface area contributed by atoms with Crippen LogP contribution in [0, 0.1) is 0 Å². The smallest absolute Gasteiger partial charge is 0.240 e. The van der Waals surface area contributed by atoms with Crippen molar-refractivity contribution in [3.8, 4) is 0 Å². The minimum atomic E-state index is -3.54. The third-order valence-electron chi connectivity index (χ3n) is 3.42. The van der Waals surface area contributed by atoms with Gasteiger partial charge in [0.1, 0.15) is 0 Å².